The first-order valence-corrected chi connectivity index (χ1v) is 5.31. The van der Waals surface area contributed by atoms with Crippen molar-refractivity contribution in [3.05, 3.63) is 35.1 Å². The standard InChI is InChI=1S/C13H20FN/c1-9-7-10(14)5-6-11(9)12(15)8-13(2,3)4/h5-7,12H,8,15H2,1-4H3. The second-order valence-corrected chi connectivity index (χ2v) is 5.37. The van der Waals surface area contributed by atoms with Crippen molar-refractivity contribution in [2.45, 2.75) is 40.2 Å². The van der Waals surface area contributed by atoms with Gasteiger partial charge >= 0.3 is 0 Å². The van der Waals surface area contributed by atoms with Gasteiger partial charge in [0.1, 0.15) is 5.82 Å². The quantitative estimate of drug-likeness (QED) is 0.791. The Morgan fingerprint density at radius 1 is 1.33 bits per heavy atom. The van der Waals surface area contributed by atoms with Crippen LogP contribution in [-0.2, 0) is 0 Å². The summed E-state index contributed by atoms with van der Waals surface area (Å²) in [6, 6.07) is 4.80. The van der Waals surface area contributed by atoms with Gasteiger partial charge in [-0.3, -0.25) is 0 Å². The van der Waals surface area contributed by atoms with E-state index in [1.165, 1.54) is 12.1 Å². The molecule has 2 heteroatoms. The van der Waals surface area contributed by atoms with Crippen LogP contribution in [0.3, 0.4) is 0 Å². The average Bonchev–Trinajstić information content (AvgIpc) is 1.99. The van der Waals surface area contributed by atoms with Crippen LogP contribution in [0, 0.1) is 18.2 Å². The van der Waals surface area contributed by atoms with E-state index in [1.54, 1.807) is 6.07 Å². The molecule has 1 atom stereocenters. The summed E-state index contributed by atoms with van der Waals surface area (Å²) < 4.78 is 12.9. The van der Waals surface area contributed by atoms with Crippen molar-refractivity contribution < 1.29 is 4.39 Å². The molecular formula is C13H20FN. The summed E-state index contributed by atoms with van der Waals surface area (Å²) in [5.74, 6) is -0.195. The molecule has 1 aromatic rings. The van der Waals surface area contributed by atoms with Crippen LogP contribution in [0.5, 0.6) is 0 Å². The fourth-order valence-corrected chi connectivity index (χ4v) is 1.82. The van der Waals surface area contributed by atoms with Crippen LogP contribution in [0.25, 0.3) is 0 Å². The molecule has 2 N–H and O–H groups in total. The summed E-state index contributed by atoms with van der Waals surface area (Å²) in [6.45, 7) is 8.38. The molecule has 0 radical (unpaired) electrons. The maximum Gasteiger partial charge on any atom is 0.123 e. The van der Waals surface area contributed by atoms with Crippen LogP contribution >= 0.6 is 0 Å². The van der Waals surface area contributed by atoms with Gasteiger partial charge in [0, 0.05) is 6.04 Å². The van der Waals surface area contributed by atoms with Crippen LogP contribution in [-0.4, -0.2) is 0 Å². The van der Waals surface area contributed by atoms with E-state index < -0.39 is 0 Å². The molecule has 1 nitrogen and oxygen atoms in total. The van der Waals surface area contributed by atoms with Crippen LogP contribution in [0.4, 0.5) is 4.39 Å². The van der Waals surface area contributed by atoms with Crippen molar-refractivity contribution >= 4 is 0 Å². The Hall–Kier alpha value is -0.890. The summed E-state index contributed by atoms with van der Waals surface area (Å²) >= 11 is 0. The van der Waals surface area contributed by atoms with Crippen molar-refractivity contribution in [3.8, 4) is 0 Å². The molecule has 0 bridgehead atoms. The molecule has 84 valence electrons. The van der Waals surface area contributed by atoms with E-state index in [-0.39, 0.29) is 17.3 Å². The molecule has 1 aromatic carbocycles. The lowest BCUT2D eigenvalue weighted by molar-refractivity contribution is 0.342. The van der Waals surface area contributed by atoms with Gasteiger partial charge in [0.05, 0.1) is 0 Å². The summed E-state index contributed by atoms with van der Waals surface area (Å²) in [5.41, 5.74) is 8.29. The van der Waals surface area contributed by atoms with Crippen LogP contribution in [0.1, 0.15) is 44.4 Å². The Kier molecular flexibility index (Phi) is 3.50. The fraction of sp³-hybridized carbons (Fsp3) is 0.538. The van der Waals surface area contributed by atoms with Gasteiger partial charge in [-0.05, 0) is 42.0 Å². The summed E-state index contributed by atoms with van der Waals surface area (Å²) in [6.07, 6.45) is 0.902. The third-order valence-electron chi connectivity index (χ3n) is 2.46. The van der Waals surface area contributed by atoms with Gasteiger partial charge in [-0.2, -0.15) is 0 Å². The Bertz CT molecular complexity index is 339. The molecule has 0 saturated heterocycles. The summed E-state index contributed by atoms with van der Waals surface area (Å²) in [4.78, 5) is 0. The molecular weight excluding hydrogens is 189 g/mol. The number of halogens is 1. The summed E-state index contributed by atoms with van der Waals surface area (Å²) in [7, 11) is 0. The highest BCUT2D eigenvalue weighted by atomic mass is 19.1. The van der Waals surface area contributed by atoms with Gasteiger partial charge in [-0.15, -0.1) is 0 Å². The average molecular weight is 209 g/mol. The lowest BCUT2D eigenvalue weighted by Gasteiger charge is -2.24. The largest absolute Gasteiger partial charge is 0.324 e. The minimum Gasteiger partial charge on any atom is -0.324 e. The van der Waals surface area contributed by atoms with E-state index in [9.17, 15) is 4.39 Å². The molecule has 0 aliphatic carbocycles. The SMILES string of the molecule is Cc1cc(F)ccc1C(N)CC(C)(C)C. The van der Waals surface area contributed by atoms with Crippen molar-refractivity contribution in [3.63, 3.8) is 0 Å². The highest BCUT2D eigenvalue weighted by molar-refractivity contribution is 5.29. The third kappa shape index (κ3) is 3.63. The first-order chi connectivity index (χ1) is 6.79. The predicted octanol–water partition coefficient (Wildman–Crippen LogP) is 3.57. The van der Waals surface area contributed by atoms with E-state index in [0.29, 0.717) is 0 Å². The lowest BCUT2D eigenvalue weighted by atomic mass is 9.85. The zero-order valence-electron chi connectivity index (χ0n) is 9.97. The Morgan fingerprint density at radius 2 is 1.93 bits per heavy atom. The van der Waals surface area contributed by atoms with Crippen LogP contribution < -0.4 is 5.73 Å². The highest BCUT2D eigenvalue weighted by Gasteiger charge is 2.18. The van der Waals surface area contributed by atoms with Gasteiger partial charge in [-0.25, -0.2) is 4.39 Å². The maximum absolute atomic E-state index is 12.9. The van der Waals surface area contributed by atoms with E-state index in [2.05, 4.69) is 20.8 Å². The molecule has 0 aliphatic heterocycles. The van der Waals surface area contributed by atoms with Crippen molar-refractivity contribution in [1.82, 2.24) is 0 Å². The molecule has 0 saturated carbocycles. The van der Waals surface area contributed by atoms with E-state index >= 15 is 0 Å². The number of benzene rings is 1. The third-order valence-corrected chi connectivity index (χ3v) is 2.46. The first-order valence-electron chi connectivity index (χ1n) is 5.31. The van der Waals surface area contributed by atoms with Crippen molar-refractivity contribution in [1.29, 1.82) is 0 Å². The number of hydrogen-bond donors (Lipinski definition) is 1. The maximum atomic E-state index is 12.9. The molecule has 0 fully saturated rings. The van der Waals surface area contributed by atoms with E-state index in [4.69, 9.17) is 5.73 Å². The van der Waals surface area contributed by atoms with Gasteiger partial charge in [0.2, 0.25) is 0 Å². The van der Waals surface area contributed by atoms with Gasteiger partial charge in [-0.1, -0.05) is 26.8 Å². The minimum atomic E-state index is -0.195. The second kappa shape index (κ2) is 4.31. The molecule has 0 aliphatic rings. The van der Waals surface area contributed by atoms with Gasteiger partial charge in [0.25, 0.3) is 0 Å². The van der Waals surface area contributed by atoms with E-state index in [1.807, 2.05) is 6.92 Å². The Balaban J connectivity index is 2.87. The molecule has 1 rings (SSSR count). The molecule has 1 unspecified atom stereocenters. The van der Waals surface area contributed by atoms with E-state index in [0.717, 1.165) is 17.5 Å². The normalized spacial score (nSPS) is 14.0. The first kappa shape index (κ1) is 12.2. The topological polar surface area (TPSA) is 26.0 Å². The Labute approximate surface area is 91.5 Å². The number of rotatable bonds is 2. The smallest absolute Gasteiger partial charge is 0.123 e. The van der Waals surface area contributed by atoms with Crippen molar-refractivity contribution in [2.24, 2.45) is 11.1 Å². The van der Waals surface area contributed by atoms with Crippen LogP contribution in [0.2, 0.25) is 0 Å². The Morgan fingerprint density at radius 3 is 2.40 bits per heavy atom. The fourth-order valence-electron chi connectivity index (χ4n) is 1.82. The van der Waals surface area contributed by atoms with Crippen molar-refractivity contribution in [2.75, 3.05) is 0 Å². The molecule has 0 amide bonds. The summed E-state index contributed by atoms with van der Waals surface area (Å²) in [5, 5.41) is 0. The molecule has 0 aromatic heterocycles. The van der Waals surface area contributed by atoms with Crippen LogP contribution in [0.15, 0.2) is 18.2 Å². The highest BCUT2D eigenvalue weighted by Crippen LogP contribution is 2.29. The lowest BCUT2D eigenvalue weighted by Crippen LogP contribution is -2.19. The molecule has 15 heavy (non-hydrogen) atoms. The number of nitrogens with two attached hydrogens (primary N) is 1. The van der Waals surface area contributed by atoms with Gasteiger partial charge < -0.3 is 5.73 Å². The van der Waals surface area contributed by atoms with Gasteiger partial charge in [0.15, 0.2) is 0 Å². The zero-order valence-corrected chi connectivity index (χ0v) is 9.97. The molecule has 0 spiro atoms. The predicted molar refractivity (Wildman–Crippen MR) is 62.1 cm³/mol. The molecule has 0 heterocycles. The number of hydrogen-bond acceptors (Lipinski definition) is 1. The monoisotopic (exact) mass is 209 g/mol. The zero-order chi connectivity index (χ0) is 11.6. The minimum absolute atomic E-state index is 0.00870. The second-order valence-electron chi connectivity index (χ2n) is 5.37. The number of aryl methyl sites for hydroxylation is 1.